The molecule has 35 heavy (non-hydrogen) atoms. The van der Waals surface area contributed by atoms with Crippen LogP contribution in [0.2, 0.25) is 0 Å². The summed E-state index contributed by atoms with van der Waals surface area (Å²) in [7, 11) is 0. The van der Waals surface area contributed by atoms with Gasteiger partial charge in [-0.05, 0) is 61.6 Å². The number of pyridine rings is 2. The van der Waals surface area contributed by atoms with Crippen molar-refractivity contribution in [2.45, 2.75) is 44.3 Å². The third-order valence-electron chi connectivity index (χ3n) is 7.47. The second kappa shape index (κ2) is 8.42. The summed E-state index contributed by atoms with van der Waals surface area (Å²) in [4.78, 5) is 30.9. The fourth-order valence-corrected chi connectivity index (χ4v) is 5.80. The van der Waals surface area contributed by atoms with Crippen molar-refractivity contribution in [3.05, 3.63) is 63.8 Å². The number of hydrogen-bond donors (Lipinski definition) is 2. The summed E-state index contributed by atoms with van der Waals surface area (Å²) in [5, 5.41) is 7.24. The van der Waals surface area contributed by atoms with E-state index in [1.54, 1.807) is 22.8 Å². The van der Waals surface area contributed by atoms with Crippen LogP contribution in [0.15, 0.2) is 41.2 Å². The minimum atomic E-state index is -0.447. The molecule has 3 aliphatic heterocycles. The van der Waals surface area contributed by atoms with Crippen molar-refractivity contribution in [1.29, 1.82) is 0 Å². The lowest BCUT2D eigenvalue weighted by Gasteiger charge is -2.38. The zero-order chi connectivity index (χ0) is 24.2. The first-order valence-electron chi connectivity index (χ1n) is 12.1. The predicted octanol–water partition coefficient (Wildman–Crippen LogP) is 2.39. The van der Waals surface area contributed by atoms with E-state index in [1.165, 1.54) is 6.07 Å². The molecule has 2 N–H and O–H groups in total. The Hall–Kier alpha value is -3.30. The Morgan fingerprint density at radius 3 is 2.80 bits per heavy atom. The van der Waals surface area contributed by atoms with E-state index in [4.69, 9.17) is 4.74 Å². The van der Waals surface area contributed by atoms with Gasteiger partial charge in [0.05, 0.1) is 11.2 Å². The molecule has 0 saturated carbocycles. The van der Waals surface area contributed by atoms with Crippen LogP contribution < -0.4 is 20.9 Å². The van der Waals surface area contributed by atoms with Gasteiger partial charge in [-0.25, -0.2) is 9.37 Å². The molecule has 2 aromatic heterocycles. The molecule has 182 valence electrons. The van der Waals surface area contributed by atoms with Crippen LogP contribution in [-0.4, -0.2) is 52.6 Å². The van der Waals surface area contributed by atoms with E-state index >= 15 is 4.39 Å². The van der Waals surface area contributed by atoms with Crippen molar-refractivity contribution in [2.75, 3.05) is 31.6 Å². The molecule has 0 bridgehead atoms. The van der Waals surface area contributed by atoms with Crippen molar-refractivity contribution in [3.63, 3.8) is 0 Å². The maximum Gasteiger partial charge on any atom is 0.263 e. The SMILES string of the molecule is CC1(CN2CCC(NCc3ccc4c(n3)NC(=O)CO4)CC2)Cn2c(=O)ccc3ccc(F)c1c32. The quantitative estimate of drug-likeness (QED) is 0.587. The number of amides is 1. The Balaban J connectivity index is 1.09. The first-order chi connectivity index (χ1) is 16.9. The van der Waals surface area contributed by atoms with Crippen LogP contribution in [0, 0.1) is 5.82 Å². The van der Waals surface area contributed by atoms with Gasteiger partial charge in [0.15, 0.2) is 18.2 Å². The molecular formula is C26H28FN5O3. The van der Waals surface area contributed by atoms with Crippen molar-refractivity contribution < 1.29 is 13.9 Å². The molecule has 3 aromatic rings. The van der Waals surface area contributed by atoms with Gasteiger partial charge in [0.2, 0.25) is 0 Å². The van der Waals surface area contributed by atoms with Gasteiger partial charge >= 0.3 is 0 Å². The van der Waals surface area contributed by atoms with E-state index in [1.807, 2.05) is 12.1 Å². The van der Waals surface area contributed by atoms with Crippen LogP contribution in [0.1, 0.15) is 31.0 Å². The molecule has 6 rings (SSSR count). The number of benzene rings is 1. The van der Waals surface area contributed by atoms with Gasteiger partial charge in [0, 0.05) is 42.7 Å². The van der Waals surface area contributed by atoms with Crippen molar-refractivity contribution in [2.24, 2.45) is 0 Å². The maximum absolute atomic E-state index is 15.0. The molecule has 9 heteroatoms. The Morgan fingerprint density at radius 2 is 1.97 bits per heavy atom. The molecule has 0 spiro atoms. The summed E-state index contributed by atoms with van der Waals surface area (Å²) >= 11 is 0. The van der Waals surface area contributed by atoms with E-state index < -0.39 is 5.41 Å². The Bertz CT molecular complexity index is 1380. The molecule has 1 saturated heterocycles. The normalized spacial score (nSPS) is 22.2. The number of fused-ring (bicyclic) bond motifs is 1. The van der Waals surface area contributed by atoms with Gasteiger partial charge in [0.1, 0.15) is 5.82 Å². The van der Waals surface area contributed by atoms with Crippen LogP contribution in [0.5, 0.6) is 5.75 Å². The van der Waals surface area contributed by atoms with Crippen molar-refractivity contribution in [3.8, 4) is 5.75 Å². The average molecular weight is 478 g/mol. The molecule has 5 heterocycles. The van der Waals surface area contributed by atoms with Gasteiger partial charge in [-0.3, -0.25) is 9.59 Å². The molecule has 1 aromatic carbocycles. The number of carbonyl (C=O) groups excluding carboxylic acids is 1. The number of likely N-dealkylation sites (tertiary alicyclic amines) is 1. The summed E-state index contributed by atoms with van der Waals surface area (Å²) in [6, 6.07) is 10.8. The molecule has 0 aliphatic carbocycles. The molecule has 1 unspecified atom stereocenters. The van der Waals surface area contributed by atoms with Crippen LogP contribution in [0.4, 0.5) is 10.2 Å². The van der Waals surface area contributed by atoms with Crippen molar-refractivity contribution >= 4 is 22.6 Å². The fraction of sp³-hybridized carbons (Fsp3) is 0.423. The predicted molar refractivity (Wildman–Crippen MR) is 130 cm³/mol. The minimum absolute atomic E-state index is 0.0223. The largest absolute Gasteiger partial charge is 0.480 e. The highest BCUT2D eigenvalue weighted by atomic mass is 19.1. The molecular weight excluding hydrogens is 449 g/mol. The average Bonchev–Trinajstić information content (AvgIpc) is 3.17. The first kappa shape index (κ1) is 22.2. The highest BCUT2D eigenvalue weighted by Crippen LogP contribution is 2.40. The second-order valence-electron chi connectivity index (χ2n) is 10.1. The third-order valence-corrected chi connectivity index (χ3v) is 7.47. The van der Waals surface area contributed by atoms with E-state index in [2.05, 4.69) is 27.4 Å². The lowest BCUT2D eigenvalue weighted by atomic mass is 9.82. The minimum Gasteiger partial charge on any atom is -0.480 e. The Labute approximate surface area is 202 Å². The summed E-state index contributed by atoms with van der Waals surface area (Å²) < 4.78 is 22.1. The number of nitrogens with zero attached hydrogens (tertiary/aromatic N) is 3. The second-order valence-corrected chi connectivity index (χ2v) is 10.1. The number of halogens is 1. The van der Waals surface area contributed by atoms with E-state index in [9.17, 15) is 9.59 Å². The molecule has 3 aliphatic rings. The summed E-state index contributed by atoms with van der Waals surface area (Å²) in [6.07, 6.45) is 1.95. The lowest BCUT2D eigenvalue weighted by Crippen LogP contribution is -2.47. The number of ether oxygens (including phenoxy) is 1. The number of carbonyl (C=O) groups is 1. The standard InChI is InChI=1S/C26H28FN5O3/c1-26(15-32-22(34)7-3-16-2-5-19(27)23(26)24(16)32)14-31-10-8-17(9-11-31)28-12-18-4-6-20-25(29-18)30-21(33)13-35-20/h2-7,17,28H,8-15H2,1H3,(H,29,30,33). The van der Waals surface area contributed by atoms with Crippen LogP contribution in [-0.2, 0) is 23.3 Å². The van der Waals surface area contributed by atoms with E-state index in [-0.39, 0.29) is 23.9 Å². The smallest absolute Gasteiger partial charge is 0.263 e. The van der Waals surface area contributed by atoms with Gasteiger partial charge in [-0.15, -0.1) is 0 Å². The Morgan fingerprint density at radius 1 is 1.17 bits per heavy atom. The van der Waals surface area contributed by atoms with E-state index in [0.29, 0.717) is 42.8 Å². The number of piperidine rings is 1. The molecule has 8 nitrogen and oxygen atoms in total. The van der Waals surface area contributed by atoms with Gasteiger partial charge in [-0.2, -0.15) is 0 Å². The third kappa shape index (κ3) is 3.98. The monoisotopic (exact) mass is 477 g/mol. The van der Waals surface area contributed by atoms with Gasteiger partial charge in [-0.1, -0.05) is 6.92 Å². The summed E-state index contributed by atoms with van der Waals surface area (Å²) in [5.74, 6) is 0.649. The van der Waals surface area contributed by atoms with Crippen LogP contribution >= 0.6 is 0 Å². The van der Waals surface area contributed by atoms with Crippen molar-refractivity contribution in [1.82, 2.24) is 19.8 Å². The van der Waals surface area contributed by atoms with Crippen LogP contribution in [0.3, 0.4) is 0 Å². The molecule has 1 amide bonds. The molecule has 0 radical (unpaired) electrons. The number of nitrogens with one attached hydrogen (secondary N) is 2. The summed E-state index contributed by atoms with van der Waals surface area (Å²) in [5.41, 5.74) is 1.75. The first-order valence-corrected chi connectivity index (χ1v) is 12.1. The Kier molecular flexibility index (Phi) is 5.34. The highest BCUT2D eigenvalue weighted by molar-refractivity contribution is 5.94. The van der Waals surface area contributed by atoms with E-state index in [0.717, 1.165) is 42.5 Å². The number of hydrogen-bond acceptors (Lipinski definition) is 6. The molecule has 1 fully saturated rings. The topological polar surface area (TPSA) is 88.5 Å². The summed E-state index contributed by atoms with van der Waals surface area (Å²) in [6.45, 7) is 5.72. The lowest BCUT2D eigenvalue weighted by molar-refractivity contribution is -0.118. The number of aromatic nitrogens is 2. The van der Waals surface area contributed by atoms with Crippen LogP contribution in [0.25, 0.3) is 10.9 Å². The highest BCUT2D eigenvalue weighted by Gasteiger charge is 2.40. The fourth-order valence-electron chi connectivity index (χ4n) is 5.80. The maximum atomic E-state index is 15.0. The number of anilines is 1. The molecule has 1 atom stereocenters. The number of rotatable bonds is 5. The zero-order valence-corrected chi connectivity index (χ0v) is 19.6. The zero-order valence-electron chi connectivity index (χ0n) is 19.6. The van der Waals surface area contributed by atoms with Gasteiger partial charge < -0.3 is 24.8 Å². The van der Waals surface area contributed by atoms with Gasteiger partial charge in [0.25, 0.3) is 11.5 Å².